The van der Waals surface area contributed by atoms with Crippen molar-refractivity contribution in [3.63, 3.8) is 0 Å². The number of halogens is 1. The SMILES string of the molecule is COC(=O)N1CCN(C(=O)c2cc(C)ccc2Br)CC1. The zero-order valence-corrected chi connectivity index (χ0v) is 13.1. The number of nitrogens with zero attached hydrogens (tertiary/aromatic N) is 2. The third-order valence-corrected chi connectivity index (χ3v) is 4.04. The highest BCUT2D eigenvalue weighted by atomic mass is 79.9. The van der Waals surface area contributed by atoms with Crippen molar-refractivity contribution in [1.82, 2.24) is 9.80 Å². The number of ether oxygens (including phenoxy) is 1. The van der Waals surface area contributed by atoms with Crippen molar-refractivity contribution in [1.29, 1.82) is 0 Å². The number of rotatable bonds is 1. The standard InChI is InChI=1S/C14H17BrN2O3/c1-10-3-4-12(15)11(9-10)13(18)16-5-7-17(8-6-16)14(19)20-2/h3-4,9H,5-8H2,1-2H3. The summed E-state index contributed by atoms with van der Waals surface area (Å²) in [5.74, 6) is -0.00918. The zero-order valence-electron chi connectivity index (χ0n) is 11.6. The van der Waals surface area contributed by atoms with Gasteiger partial charge in [0.2, 0.25) is 0 Å². The van der Waals surface area contributed by atoms with Crippen molar-refractivity contribution in [2.24, 2.45) is 0 Å². The summed E-state index contributed by atoms with van der Waals surface area (Å²) in [6.45, 7) is 4.00. The molecule has 1 aromatic carbocycles. The maximum atomic E-state index is 12.5. The van der Waals surface area contributed by atoms with Gasteiger partial charge in [-0.1, -0.05) is 11.6 Å². The topological polar surface area (TPSA) is 49.9 Å². The molecular weight excluding hydrogens is 324 g/mol. The lowest BCUT2D eigenvalue weighted by molar-refractivity contribution is 0.0599. The van der Waals surface area contributed by atoms with Crippen LogP contribution in [0.4, 0.5) is 4.79 Å². The van der Waals surface area contributed by atoms with Gasteiger partial charge in [-0.2, -0.15) is 0 Å². The first-order valence-corrected chi connectivity index (χ1v) is 7.20. The van der Waals surface area contributed by atoms with Gasteiger partial charge in [0.1, 0.15) is 0 Å². The van der Waals surface area contributed by atoms with Crippen LogP contribution in [0.15, 0.2) is 22.7 Å². The van der Waals surface area contributed by atoms with Crippen molar-refractivity contribution >= 4 is 27.9 Å². The molecule has 0 saturated carbocycles. The van der Waals surface area contributed by atoms with Gasteiger partial charge in [-0.15, -0.1) is 0 Å². The van der Waals surface area contributed by atoms with E-state index in [0.717, 1.165) is 10.0 Å². The van der Waals surface area contributed by atoms with Crippen LogP contribution in [0.1, 0.15) is 15.9 Å². The molecule has 2 amide bonds. The average molecular weight is 341 g/mol. The second-order valence-electron chi connectivity index (χ2n) is 4.73. The first-order chi connectivity index (χ1) is 9.52. The highest BCUT2D eigenvalue weighted by molar-refractivity contribution is 9.10. The van der Waals surface area contributed by atoms with Crippen LogP contribution in [0.25, 0.3) is 0 Å². The largest absolute Gasteiger partial charge is 0.453 e. The van der Waals surface area contributed by atoms with E-state index >= 15 is 0 Å². The van der Waals surface area contributed by atoms with Crippen molar-refractivity contribution in [2.75, 3.05) is 33.3 Å². The molecule has 1 aliphatic heterocycles. The summed E-state index contributed by atoms with van der Waals surface area (Å²) in [6.07, 6.45) is -0.339. The summed E-state index contributed by atoms with van der Waals surface area (Å²) in [5, 5.41) is 0. The average Bonchev–Trinajstić information content (AvgIpc) is 2.48. The molecule has 1 aliphatic rings. The number of amides is 2. The lowest BCUT2D eigenvalue weighted by atomic mass is 10.1. The molecule has 108 valence electrons. The fourth-order valence-corrected chi connectivity index (χ4v) is 2.61. The first-order valence-electron chi connectivity index (χ1n) is 6.41. The normalized spacial score (nSPS) is 15.2. The van der Waals surface area contributed by atoms with E-state index in [0.29, 0.717) is 31.7 Å². The van der Waals surface area contributed by atoms with Crippen LogP contribution in [0.2, 0.25) is 0 Å². The number of carbonyl (C=O) groups is 2. The molecule has 0 spiro atoms. The van der Waals surface area contributed by atoms with Gasteiger partial charge in [0.25, 0.3) is 5.91 Å². The fourth-order valence-electron chi connectivity index (χ4n) is 2.19. The molecule has 6 heteroatoms. The quantitative estimate of drug-likeness (QED) is 0.788. The molecular formula is C14H17BrN2O3. The lowest BCUT2D eigenvalue weighted by Crippen LogP contribution is -2.50. The van der Waals surface area contributed by atoms with Crippen LogP contribution in [0, 0.1) is 6.92 Å². The Balaban J connectivity index is 2.05. The molecule has 20 heavy (non-hydrogen) atoms. The molecule has 1 heterocycles. The molecule has 0 aliphatic carbocycles. The monoisotopic (exact) mass is 340 g/mol. The van der Waals surface area contributed by atoms with Crippen LogP contribution in [-0.2, 0) is 4.74 Å². The van der Waals surface area contributed by atoms with E-state index in [1.165, 1.54) is 7.11 Å². The molecule has 1 saturated heterocycles. The second kappa shape index (κ2) is 6.26. The van der Waals surface area contributed by atoms with Gasteiger partial charge in [-0.3, -0.25) is 4.79 Å². The molecule has 1 fully saturated rings. The second-order valence-corrected chi connectivity index (χ2v) is 5.59. The number of hydrogen-bond donors (Lipinski definition) is 0. The zero-order chi connectivity index (χ0) is 14.7. The van der Waals surface area contributed by atoms with Crippen LogP contribution < -0.4 is 0 Å². The Morgan fingerprint density at radius 3 is 2.35 bits per heavy atom. The minimum absolute atomic E-state index is 0.00918. The van der Waals surface area contributed by atoms with E-state index in [1.807, 2.05) is 25.1 Å². The third kappa shape index (κ3) is 3.12. The Hall–Kier alpha value is -1.56. The number of methoxy groups -OCH3 is 1. The predicted molar refractivity (Wildman–Crippen MR) is 78.8 cm³/mol. The lowest BCUT2D eigenvalue weighted by Gasteiger charge is -2.34. The number of piperazine rings is 1. The van der Waals surface area contributed by atoms with E-state index in [2.05, 4.69) is 20.7 Å². The van der Waals surface area contributed by atoms with Crippen molar-refractivity contribution in [3.05, 3.63) is 33.8 Å². The fraction of sp³-hybridized carbons (Fsp3) is 0.429. The molecule has 0 radical (unpaired) electrons. The van der Waals surface area contributed by atoms with Gasteiger partial charge in [-0.25, -0.2) is 4.79 Å². The molecule has 0 aromatic heterocycles. The first kappa shape index (κ1) is 14.8. The summed E-state index contributed by atoms with van der Waals surface area (Å²) in [7, 11) is 1.36. The summed E-state index contributed by atoms with van der Waals surface area (Å²) in [4.78, 5) is 27.3. The molecule has 0 atom stereocenters. The van der Waals surface area contributed by atoms with Gasteiger partial charge < -0.3 is 14.5 Å². The molecule has 0 unspecified atom stereocenters. The van der Waals surface area contributed by atoms with Crippen molar-refractivity contribution in [3.8, 4) is 0 Å². The molecule has 0 N–H and O–H groups in total. The Bertz CT molecular complexity index is 525. The van der Waals surface area contributed by atoms with Crippen LogP contribution >= 0.6 is 15.9 Å². The summed E-state index contributed by atoms with van der Waals surface area (Å²) >= 11 is 3.41. The third-order valence-electron chi connectivity index (χ3n) is 3.35. The van der Waals surface area contributed by atoms with E-state index < -0.39 is 0 Å². The van der Waals surface area contributed by atoms with Crippen LogP contribution in [-0.4, -0.2) is 55.1 Å². The summed E-state index contributed by atoms with van der Waals surface area (Å²) < 4.78 is 5.48. The minimum Gasteiger partial charge on any atom is -0.453 e. The van der Waals surface area contributed by atoms with E-state index in [1.54, 1.807) is 9.80 Å². The van der Waals surface area contributed by atoms with Gasteiger partial charge >= 0.3 is 6.09 Å². The Labute approximate surface area is 126 Å². The Kier molecular flexibility index (Phi) is 4.65. The summed E-state index contributed by atoms with van der Waals surface area (Å²) in [6, 6.07) is 5.71. The van der Waals surface area contributed by atoms with Gasteiger partial charge in [0.15, 0.2) is 0 Å². The smallest absolute Gasteiger partial charge is 0.409 e. The number of hydrogen-bond acceptors (Lipinski definition) is 3. The Morgan fingerprint density at radius 1 is 1.15 bits per heavy atom. The van der Waals surface area contributed by atoms with Crippen molar-refractivity contribution < 1.29 is 14.3 Å². The molecule has 2 rings (SSSR count). The van der Waals surface area contributed by atoms with E-state index in [9.17, 15) is 9.59 Å². The summed E-state index contributed by atoms with van der Waals surface area (Å²) in [5.41, 5.74) is 1.71. The number of aryl methyl sites for hydroxylation is 1. The van der Waals surface area contributed by atoms with Crippen LogP contribution in [0.3, 0.4) is 0 Å². The maximum Gasteiger partial charge on any atom is 0.409 e. The van der Waals surface area contributed by atoms with Gasteiger partial charge in [-0.05, 0) is 35.0 Å². The van der Waals surface area contributed by atoms with Crippen LogP contribution in [0.5, 0.6) is 0 Å². The number of benzene rings is 1. The maximum absolute atomic E-state index is 12.5. The molecule has 0 bridgehead atoms. The minimum atomic E-state index is -0.339. The molecule has 5 nitrogen and oxygen atoms in total. The molecule has 1 aromatic rings. The predicted octanol–water partition coefficient (Wildman–Crippen LogP) is 2.28. The highest BCUT2D eigenvalue weighted by Crippen LogP contribution is 2.20. The number of carbonyl (C=O) groups excluding carboxylic acids is 2. The van der Waals surface area contributed by atoms with Gasteiger partial charge in [0, 0.05) is 30.7 Å². The van der Waals surface area contributed by atoms with E-state index in [4.69, 9.17) is 0 Å². The Morgan fingerprint density at radius 2 is 1.75 bits per heavy atom. The highest BCUT2D eigenvalue weighted by Gasteiger charge is 2.26. The van der Waals surface area contributed by atoms with Gasteiger partial charge in [0.05, 0.1) is 12.7 Å². The van der Waals surface area contributed by atoms with E-state index in [-0.39, 0.29) is 12.0 Å². The van der Waals surface area contributed by atoms with Crippen molar-refractivity contribution in [2.45, 2.75) is 6.92 Å².